The first-order valence-electron chi connectivity index (χ1n) is 8.82. The van der Waals surface area contributed by atoms with Gasteiger partial charge in [0.05, 0.1) is 0 Å². The van der Waals surface area contributed by atoms with Crippen LogP contribution < -0.4 is 30.1 Å². The minimum Gasteiger partial charge on any atom is -1.00 e. The fraction of sp³-hybridized carbons (Fsp3) is 0.409. The Morgan fingerprint density at radius 3 is 2.12 bits per heavy atom. The van der Waals surface area contributed by atoms with Gasteiger partial charge in [0, 0.05) is 0 Å². The van der Waals surface area contributed by atoms with Crippen LogP contribution in [-0.4, -0.2) is 11.3 Å². The van der Waals surface area contributed by atoms with Crippen molar-refractivity contribution in [3.8, 4) is 0 Å². The molecule has 4 heteroatoms. The molecule has 0 saturated carbocycles. The van der Waals surface area contributed by atoms with Gasteiger partial charge in [0.25, 0.3) is 0 Å². The number of hydrogen-bond acceptors (Lipinski definition) is 0. The van der Waals surface area contributed by atoms with Crippen molar-refractivity contribution in [1.29, 1.82) is 0 Å². The Labute approximate surface area is 188 Å². The van der Waals surface area contributed by atoms with Crippen molar-refractivity contribution in [2.75, 3.05) is 0 Å². The van der Waals surface area contributed by atoms with E-state index in [9.17, 15) is 0 Å². The summed E-state index contributed by atoms with van der Waals surface area (Å²) in [5, 5.41) is 4.42. The van der Waals surface area contributed by atoms with Crippen molar-refractivity contribution in [2.24, 2.45) is 0 Å². The number of halogens is 2. The van der Waals surface area contributed by atoms with Gasteiger partial charge in [-0.2, -0.15) is 12.1 Å². The summed E-state index contributed by atoms with van der Waals surface area (Å²) in [4.78, 5) is 0. The van der Waals surface area contributed by atoms with Crippen molar-refractivity contribution in [1.82, 2.24) is 0 Å². The van der Waals surface area contributed by atoms with E-state index in [1.54, 1.807) is 5.30 Å². The van der Waals surface area contributed by atoms with Crippen LogP contribution in [0.2, 0.25) is 0 Å². The van der Waals surface area contributed by atoms with Gasteiger partial charge in [0.15, 0.2) is 0 Å². The van der Waals surface area contributed by atoms with E-state index >= 15 is 0 Å². The smallest absolute Gasteiger partial charge is 1.00 e. The number of rotatable bonds is 5. The summed E-state index contributed by atoms with van der Waals surface area (Å²) in [5.41, 5.74) is 1.65. The van der Waals surface area contributed by atoms with Gasteiger partial charge in [-0.15, -0.1) is 46.8 Å². The third-order valence-electron chi connectivity index (χ3n) is 4.62. The molecule has 0 heterocycles. The zero-order valence-electron chi connectivity index (χ0n) is 16.2. The van der Waals surface area contributed by atoms with E-state index in [-0.39, 0.29) is 54.5 Å². The van der Waals surface area contributed by atoms with E-state index in [1.165, 1.54) is 23.6 Å². The molecule has 0 saturated heterocycles. The molecule has 0 aromatic heterocycles. The van der Waals surface area contributed by atoms with Crippen molar-refractivity contribution in [3.05, 3.63) is 60.7 Å². The number of fused-ring (bicyclic) bond motifs is 1. The van der Waals surface area contributed by atoms with Gasteiger partial charge in [-0.05, 0) is 24.2 Å². The monoisotopic (exact) mass is 442 g/mol. The summed E-state index contributed by atoms with van der Waals surface area (Å²) in [6, 6.07) is 13.6. The Bertz CT molecular complexity index is 610. The Kier molecular flexibility index (Phi) is 16.3. The average molecular weight is 443 g/mol. The Morgan fingerprint density at radius 1 is 1.08 bits per heavy atom. The Balaban J connectivity index is 0. The van der Waals surface area contributed by atoms with Crippen molar-refractivity contribution < 1.29 is 46.5 Å². The standard InChI is InChI=1S/C17H24P.C5H5.2ClH.Ti/c1-5-13(3)18(14(4)6-2)17-11-15-9-7-8-10-16(15)12-17;1-2-4-5-3-1;;;/h7-14H,5-6H2,1-4H3;1-3H,4H2;2*1H;/q2*-1;;;+4/p-2. The van der Waals surface area contributed by atoms with Gasteiger partial charge in [0.2, 0.25) is 0 Å². The molecule has 0 spiro atoms. The molecule has 1 aliphatic carbocycles. The molecule has 0 bridgehead atoms. The maximum absolute atomic E-state index is 2.99. The summed E-state index contributed by atoms with van der Waals surface area (Å²) in [5.74, 6) is 0. The fourth-order valence-electron chi connectivity index (χ4n) is 2.96. The van der Waals surface area contributed by atoms with Crippen molar-refractivity contribution in [2.45, 2.75) is 58.3 Å². The van der Waals surface area contributed by atoms with Gasteiger partial charge in [0.1, 0.15) is 0 Å². The molecule has 2 atom stereocenters. The molecule has 0 aliphatic heterocycles. The van der Waals surface area contributed by atoms with E-state index in [4.69, 9.17) is 0 Å². The first kappa shape index (κ1) is 28.2. The van der Waals surface area contributed by atoms with Crippen LogP contribution in [0.1, 0.15) is 47.0 Å². The Hall–Kier alpha value is 0.0343. The minimum absolute atomic E-state index is 0. The summed E-state index contributed by atoms with van der Waals surface area (Å²) >= 11 is 0. The average Bonchev–Trinajstić information content (AvgIpc) is 3.26. The van der Waals surface area contributed by atoms with E-state index < -0.39 is 0 Å². The number of hydrogen-bond donors (Lipinski definition) is 0. The normalized spacial score (nSPS) is 14.9. The zero-order valence-corrected chi connectivity index (χ0v) is 20.1. The van der Waals surface area contributed by atoms with Gasteiger partial charge < -0.3 is 24.8 Å². The molecule has 0 amide bonds. The van der Waals surface area contributed by atoms with E-state index in [1.807, 2.05) is 12.2 Å². The SMILES string of the molecule is CCC(C)P(c1cc2ccccc2[cH-]1)C(C)CC.[C-]1=CC=CC1.[Cl-].[Cl-].[Ti+4]. The van der Waals surface area contributed by atoms with Gasteiger partial charge in [-0.3, -0.25) is 6.08 Å². The molecule has 2 aromatic carbocycles. The minimum atomic E-state index is -0.0252. The molecule has 140 valence electrons. The van der Waals surface area contributed by atoms with Crippen molar-refractivity contribution in [3.63, 3.8) is 0 Å². The summed E-state index contributed by atoms with van der Waals surface area (Å²) in [6.45, 7) is 9.50. The van der Waals surface area contributed by atoms with Crippen LogP contribution in [0.25, 0.3) is 10.8 Å². The number of benzene rings is 1. The topological polar surface area (TPSA) is 0 Å². The molecular formula is C22H29Cl2PTi. The molecular weight excluding hydrogens is 414 g/mol. The quantitative estimate of drug-likeness (QED) is 0.361. The second kappa shape index (κ2) is 15.0. The van der Waals surface area contributed by atoms with E-state index in [0.29, 0.717) is 0 Å². The van der Waals surface area contributed by atoms with Crippen LogP contribution in [0, 0.1) is 6.08 Å². The van der Waals surface area contributed by atoms with Crippen molar-refractivity contribution >= 4 is 24.0 Å². The van der Waals surface area contributed by atoms with Crippen LogP contribution in [-0.2, 0) is 21.7 Å². The van der Waals surface area contributed by atoms with Gasteiger partial charge in [-0.1, -0.05) is 41.7 Å². The molecule has 0 nitrogen and oxygen atoms in total. The third kappa shape index (κ3) is 7.96. The second-order valence-corrected chi connectivity index (χ2v) is 9.36. The third-order valence-corrected chi connectivity index (χ3v) is 8.10. The molecule has 0 N–H and O–H groups in total. The summed E-state index contributed by atoms with van der Waals surface area (Å²) in [7, 11) is -0.0252. The zero-order chi connectivity index (χ0) is 16.7. The van der Waals surface area contributed by atoms with Crippen LogP contribution in [0.5, 0.6) is 0 Å². The van der Waals surface area contributed by atoms with Crippen LogP contribution in [0.15, 0.2) is 54.6 Å². The molecule has 0 radical (unpaired) electrons. The Morgan fingerprint density at radius 2 is 1.69 bits per heavy atom. The van der Waals surface area contributed by atoms with Gasteiger partial charge in [-0.25, -0.2) is 12.2 Å². The summed E-state index contributed by atoms with van der Waals surface area (Å²) in [6.07, 6.45) is 12.6. The van der Waals surface area contributed by atoms with E-state index in [0.717, 1.165) is 17.7 Å². The molecule has 2 unspecified atom stereocenters. The maximum Gasteiger partial charge on any atom is 4.00 e. The van der Waals surface area contributed by atoms with Crippen LogP contribution >= 0.6 is 7.92 Å². The molecule has 26 heavy (non-hydrogen) atoms. The second-order valence-electron chi connectivity index (χ2n) is 6.27. The first-order chi connectivity index (χ1) is 11.2. The van der Waals surface area contributed by atoms with Gasteiger partial charge >= 0.3 is 21.7 Å². The largest absolute Gasteiger partial charge is 4.00 e. The first-order valence-corrected chi connectivity index (χ1v) is 10.3. The predicted octanol–water partition coefficient (Wildman–Crippen LogP) is 0.574. The molecule has 0 fully saturated rings. The van der Waals surface area contributed by atoms with E-state index in [2.05, 4.69) is 76.2 Å². The fourth-order valence-corrected chi connectivity index (χ4v) is 6.21. The number of allylic oxidation sites excluding steroid dienone is 4. The van der Waals surface area contributed by atoms with Crippen LogP contribution in [0.3, 0.4) is 0 Å². The summed E-state index contributed by atoms with van der Waals surface area (Å²) < 4.78 is 0. The molecule has 1 aliphatic rings. The molecule has 2 aromatic rings. The predicted molar refractivity (Wildman–Crippen MR) is 107 cm³/mol. The molecule has 3 rings (SSSR count). The van der Waals surface area contributed by atoms with Crippen LogP contribution in [0.4, 0.5) is 0 Å². The maximum atomic E-state index is 2.99.